The van der Waals surface area contributed by atoms with E-state index in [-0.39, 0.29) is 0 Å². The fourth-order valence-corrected chi connectivity index (χ4v) is 2.28. The fourth-order valence-electron chi connectivity index (χ4n) is 2.28. The number of methoxy groups -OCH3 is 1. The van der Waals surface area contributed by atoms with Crippen molar-refractivity contribution in [3.63, 3.8) is 0 Å². The van der Waals surface area contributed by atoms with Gasteiger partial charge in [-0.1, -0.05) is 17.7 Å². The zero-order valence-electron chi connectivity index (χ0n) is 12.7. The Bertz CT molecular complexity index is 575. The van der Waals surface area contributed by atoms with Crippen LogP contribution in [0.1, 0.15) is 16.7 Å². The molecule has 0 bridgehead atoms. The number of aryl methyl sites for hydroxylation is 3. The van der Waals surface area contributed by atoms with Gasteiger partial charge < -0.3 is 10.1 Å². The third kappa shape index (κ3) is 3.46. The monoisotopic (exact) mass is 273 g/mol. The Morgan fingerprint density at radius 1 is 1.30 bits per heavy atom. The van der Waals surface area contributed by atoms with Crippen LogP contribution in [0.3, 0.4) is 0 Å². The van der Waals surface area contributed by atoms with E-state index in [1.807, 2.05) is 11.7 Å². The quantitative estimate of drug-likeness (QED) is 0.822. The minimum Gasteiger partial charge on any atom is -0.383 e. The summed E-state index contributed by atoms with van der Waals surface area (Å²) in [6.07, 6.45) is 2.08. The third-order valence-electron chi connectivity index (χ3n) is 3.35. The maximum absolute atomic E-state index is 5.05. The lowest BCUT2D eigenvalue weighted by Gasteiger charge is -2.08. The Kier molecular flexibility index (Phi) is 4.93. The average Bonchev–Trinajstić information content (AvgIpc) is 2.78. The molecule has 0 aliphatic carbocycles. The molecule has 4 heteroatoms. The van der Waals surface area contributed by atoms with Gasteiger partial charge in [-0.05, 0) is 25.5 Å². The van der Waals surface area contributed by atoms with Crippen LogP contribution in [0.15, 0.2) is 24.4 Å². The van der Waals surface area contributed by atoms with Crippen molar-refractivity contribution in [2.45, 2.75) is 20.4 Å². The van der Waals surface area contributed by atoms with Gasteiger partial charge in [0.05, 0.1) is 12.3 Å². The van der Waals surface area contributed by atoms with Crippen LogP contribution in [0.2, 0.25) is 0 Å². The molecule has 0 spiro atoms. The molecule has 0 saturated heterocycles. The summed E-state index contributed by atoms with van der Waals surface area (Å²) in [5.74, 6) is 0. The predicted octanol–water partition coefficient (Wildman–Crippen LogP) is 2.44. The van der Waals surface area contributed by atoms with Crippen molar-refractivity contribution in [3.8, 4) is 11.3 Å². The first-order valence-corrected chi connectivity index (χ1v) is 6.91. The lowest BCUT2D eigenvalue weighted by molar-refractivity contribution is 0.199. The molecule has 1 N–H and O–H groups in total. The summed E-state index contributed by atoms with van der Waals surface area (Å²) in [6, 6.07) is 6.50. The molecule has 0 atom stereocenters. The van der Waals surface area contributed by atoms with Gasteiger partial charge in [0.25, 0.3) is 0 Å². The molecule has 0 aliphatic heterocycles. The molecule has 20 heavy (non-hydrogen) atoms. The summed E-state index contributed by atoms with van der Waals surface area (Å²) in [5, 5.41) is 8.01. The van der Waals surface area contributed by atoms with Gasteiger partial charge in [-0.25, -0.2) is 0 Å². The highest BCUT2D eigenvalue weighted by Crippen LogP contribution is 2.26. The second-order valence-electron chi connectivity index (χ2n) is 5.16. The number of nitrogens with zero attached hydrogens (tertiary/aromatic N) is 2. The molecule has 1 heterocycles. The van der Waals surface area contributed by atoms with Crippen LogP contribution >= 0.6 is 0 Å². The van der Waals surface area contributed by atoms with E-state index in [1.54, 1.807) is 7.11 Å². The van der Waals surface area contributed by atoms with Crippen molar-refractivity contribution < 1.29 is 4.74 Å². The van der Waals surface area contributed by atoms with Gasteiger partial charge in [-0.15, -0.1) is 0 Å². The number of hydrogen-bond donors (Lipinski definition) is 1. The van der Waals surface area contributed by atoms with Crippen molar-refractivity contribution in [2.75, 3.05) is 20.3 Å². The largest absolute Gasteiger partial charge is 0.383 e. The third-order valence-corrected chi connectivity index (χ3v) is 3.35. The van der Waals surface area contributed by atoms with Gasteiger partial charge in [-0.3, -0.25) is 4.68 Å². The SMILES string of the molecule is COCCNCc1cn(C)nc1-c1cc(C)ccc1C. The molecule has 108 valence electrons. The number of benzene rings is 1. The summed E-state index contributed by atoms with van der Waals surface area (Å²) in [7, 11) is 3.68. The minimum atomic E-state index is 0.721. The van der Waals surface area contributed by atoms with Gasteiger partial charge >= 0.3 is 0 Å². The van der Waals surface area contributed by atoms with Gasteiger partial charge in [0.1, 0.15) is 0 Å². The van der Waals surface area contributed by atoms with E-state index in [9.17, 15) is 0 Å². The molecular formula is C16H23N3O. The molecular weight excluding hydrogens is 250 g/mol. The lowest BCUT2D eigenvalue weighted by Crippen LogP contribution is -2.18. The zero-order valence-corrected chi connectivity index (χ0v) is 12.7. The Hall–Kier alpha value is -1.65. The summed E-state index contributed by atoms with van der Waals surface area (Å²) in [4.78, 5) is 0. The molecule has 0 radical (unpaired) electrons. The fraction of sp³-hybridized carbons (Fsp3) is 0.438. The first-order chi connectivity index (χ1) is 9.61. The summed E-state index contributed by atoms with van der Waals surface area (Å²) in [5.41, 5.74) is 6.02. The van der Waals surface area contributed by atoms with Gasteiger partial charge in [0, 0.05) is 44.6 Å². The Morgan fingerprint density at radius 2 is 2.10 bits per heavy atom. The van der Waals surface area contributed by atoms with Gasteiger partial charge in [-0.2, -0.15) is 5.10 Å². The number of rotatable bonds is 6. The molecule has 1 aromatic heterocycles. The molecule has 0 saturated carbocycles. The summed E-state index contributed by atoms with van der Waals surface area (Å²) >= 11 is 0. The maximum Gasteiger partial charge on any atom is 0.0970 e. The smallest absolute Gasteiger partial charge is 0.0970 e. The lowest BCUT2D eigenvalue weighted by atomic mass is 10.0. The van der Waals surface area contributed by atoms with Crippen LogP contribution in [-0.4, -0.2) is 30.0 Å². The average molecular weight is 273 g/mol. The second kappa shape index (κ2) is 6.68. The van der Waals surface area contributed by atoms with Crippen molar-refractivity contribution >= 4 is 0 Å². The van der Waals surface area contributed by atoms with E-state index in [1.165, 1.54) is 22.3 Å². The minimum absolute atomic E-state index is 0.721. The molecule has 4 nitrogen and oxygen atoms in total. The first-order valence-electron chi connectivity index (χ1n) is 6.91. The number of aromatic nitrogens is 2. The Labute approximate surface area is 120 Å². The van der Waals surface area contributed by atoms with E-state index in [2.05, 4.69) is 48.7 Å². The highest BCUT2D eigenvalue weighted by Gasteiger charge is 2.12. The number of ether oxygens (including phenoxy) is 1. The van der Waals surface area contributed by atoms with Crippen LogP contribution in [0, 0.1) is 13.8 Å². The molecule has 2 rings (SSSR count). The van der Waals surface area contributed by atoms with Crippen molar-refractivity contribution in [3.05, 3.63) is 41.1 Å². The van der Waals surface area contributed by atoms with Crippen molar-refractivity contribution in [1.82, 2.24) is 15.1 Å². The first kappa shape index (κ1) is 14.8. The maximum atomic E-state index is 5.05. The Morgan fingerprint density at radius 3 is 2.85 bits per heavy atom. The molecule has 0 aliphatic rings. The standard InChI is InChI=1S/C16H23N3O/c1-12-5-6-13(2)15(9-12)16-14(11-19(3)18-16)10-17-7-8-20-4/h5-6,9,11,17H,7-8,10H2,1-4H3. The highest BCUT2D eigenvalue weighted by atomic mass is 16.5. The van der Waals surface area contributed by atoms with Gasteiger partial charge in [0.2, 0.25) is 0 Å². The van der Waals surface area contributed by atoms with Gasteiger partial charge in [0.15, 0.2) is 0 Å². The highest BCUT2D eigenvalue weighted by molar-refractivity contribution is 5.67. The summed E-state index contributed by atoms with van der Waals surface area (Å²) < 4.78 is 6.93. The second-order valence-corrected chi connectivity index (χ2v) is 5.16. The summed E-state index contributed by atoms with van der Waals surface area (Å²) in [6.45, 7) is 6.62. The van der Waals surface area contributed by atoms with Crippen LogP contribution < -0.4 is 5.32 Å². The van der Waals surface area contributed by atoms with E-state index in [0.717, 1.165) is 25.4 Å². The molecule has 0 amide bonds. The van der Waals surface area contributed by atoms with Crippen molar-refractivity contribution in [1.29, 1.82) is 0 Å². The Balaban J connectivity index is 2.25. The van der Waals surface area contributed by atoms with Crippen LogP contribution in [0.25, 0.3) is 11.3 Å². The molecule has 2 aromatic rings. The normalized spacial score (nSPS) is 11.0. The van der Waals surface area contributed by atoms with Crippen LogP contribution in [0.4, 0.5) is 0 Å². The van der Waals surface area contributed by atoms with Crippen molar-refractivity contribution in [2.24, 2.45) is 7.05 Å². The van der Waals surface area contributed by atoms with Crippen LogP contribution in [-0.2, 0) is 18.3 Å². The van der Waals surface area contributed by atoms with Crippen LogP contribution in [0.5, 0.6) is 0 Å². The van der Waals surface area contributed by atoms with E-state index < -0.39 is 0 Å². The molecule has 0 unspecified atom stereocenters. The number of nitrogens with one attached hydrogen (secondary N) is 1. The van der Waals surface area contributed by atoms with E-state index in [4.69, 9.17) is 4.74 Å². The predicted molar refractivity (Wildman–Crippen MR) is 81.7 cm³/mol. The molecule has 1 aromatic carbocycles. The van der Waals surface area contributed by atoms with E-state index >= 15 is 0 Å². The zero-order chi connectivity index (χ0) is 14.5. The van der Waals surface area contributed by atoms with E-state index in [0.29, 0.717) is 0 Å². The topological polar surface area (TPSA) is 39.1 Å². The molecule has 0 fully saturated rings. The number of hydrogen-bond acceptors (Lipinski definition) is 3.